The van der Waals surface area contributed by atoms with E-state index in [1.165, 1.54) is 5.69 Å². The minimum Gasteiger partial charge on any atom is -0.482 e. The van der Waals surface area contributed by atoms with E-state index < -0.39 is 5.97 Å². The predicted octanol–water partition coefficient (Wildman–Crippen LogP) is 1.41. The molecular formula is C11H13NO3. The summed E-state index contributed by atoms with van der Waals surface area (Å²) in [5.74, 6) is -0.252. The Morgan fingerprint density at radius 3 is 3.20 bits per heavy atom. The zero-order chi connectivity index (χ0) is 10.8. The average molecular weight is 207 g/mol. The third-order valence-corrected chi connectivity index (χ3v) is 2.53. The predicted molar refractivity (Wildman–Crippen MR) is 55.3 cm³/mol. The van der Waals surface area contributed by atoms with E-state index >= 15 is 0 Å². The molecular weight excluding hydrogens is 194 g/mol. The van der Waals surface area contributed by atoms with Gasteiger partial charge in [-0.3, -0.25) is 0 Å². The maximum Gasteiger partial charge on any atom is 0.341 e. The molecule has 0 saturated carbocycles. The maximum absolute atomic E-state index is 10.4. The molecule has 0 unspecified atom stereocenters. The minimum atomic E-state index is -0.945. The fraction of sp³-hybridized carbons (Fsp3) is 0.364. The lowest BCUT2D eigenvalue weighted by atomic mass is 10.0. The van der Waals surface area contributed by atoms with Crippen molar-refractivity contribution >= 4 is 11.7 Å². The number of hydrogen-bond acceptors (Lipinski definition) is 2. The molecule has 1 aromatic rings. The number of aliphatic carboxylic acids is 1. The highest BCUT2D eigenvalue weighted by atomic mass is 16.5. The van der Waals surface area contributed by atoms with Gasteiger partial charge in [-0.2, -0.15) is 0 Å². The molecule has 1 N–H and O–H groups in total. The van der Waals surface area contributed by atoms with Crippen molar-refractivity contribution in [1.29, 1.82) is 0 Å². The van der Waals surface area contributed by atoms with Gasteiger partial charge in [-0.15, -0.1) is 0 Å². The van der Waals surface area contributed by atoms with Crippen molar-refractivity contribution in [1.82, 2.24) is 4.57 Å². The van der Waals surface area contributed by atoms with E-state index in [4.69, 9.17) is 9.84 Å². The molecule has 0 fully saturated rings. The first-order valence-corrected chi connectivity index (χ1v) is 4.88. The number of nitrogens with zero attached hydrogens (tertiary/aromatic N) is 1. The molecule has 1 heterocycles. The van der Waals surface area contributed by atoms with E-state index in [9.17, 15) is 4.79 Å². The zero-order valence-electron chi connectivity index (χ0n) is 8.56. The monoisotopic (exact) mass is 207 g/mol. The van der Waals surface area contributed by atoms with Gasteiger partial charge >= 0.3 is 5.97 Å². The van der Waals surface area contributed by atoms with Crippen LogP contribution in [0.3, 0.4) is 0 Å². The topological polar surface area (TPSA) is 51.5 Å². The molecule has 2 rings (SSSR count). The summed E-state index contributed by atoms with van der Waals surface area (Å²) in [7, 11) is 1.99. The van der Waals surface area contributed by atoms with Crippen LogP contribution in [0.2, 0.25) is 0 Å². The van der Waals surface area contributed by atoms with Gasteiger partial charge in [0.15, 0.2) is 6.61 Å². The highest BCUT2D eigenvalue weighted by Gasteiger charge is 2.16. The van der Waals surface area contributed by atoms with Gasteiger partial charge in [0.2, 0.25) is 0 Å². The van der Waals surface area contributed by atoms with Gasteiger partial charge in [-0.25, -0.2) is 4.79 Å². The number of carbonyl (C=O) groups is 1. The molecule has 1 aromatic heterocycles. The minimum absolute atomic E-state index is 0.278. The molecule has 0 aliphatic heterocycles. The molecule has 4 heteroatoms. The number of fused-ring (bicyclic) bond motifs is 1. The van der Waals surface area contributed by atoms with Gasteiger partial charge in [0.25, 0.3) is 0 Å². The van der Waals surface area contributed by atoms with Crippen LogP contribution in [-0.2, 0) is 23.0 Å². The van der Waals surface area contributed by atoms with Gasteiger partial charge in [-0.05, 0) is 25.0 Å². The van der Waals surface area contributed by atoms with Gasteiger partial charge in [-0.1, -0.05) is 0 Å². The Labute approximate surface area is 87.8 Å². The van der Waals surface area contributed by atoms with Crippen LogP contribution in [-0.4, -0.2) is 22.2 Å². The van der Waals surface area contributed by atoms with E-state index in [-0.39, 0.29) is 6.61 Å². The van der Waals surface area contributed by atoms with Crippen LogP contribution in [0.1, 0.15) is 17.7 Å². The lowest BCUT2D eigenvalue weighted by Gasteiger charge is -2.15. The SMILES string of the molecule is Cn1ccc2c1CCC=C2OCC(=O)O. The second-order valence-corrected chi connectivity index (χ2v) is 3.58. The molecule has 0 aromatic carbocycles. The average Bonchev–Trinajstić information content (AvgIpc) is 2.58. The molecule has 0 atom stereocenters. The molecule has 0 bridgehead atoms. The Morgan fingerprint density at radius 2 is 2.47 bits per heavy atom. The van der Waals surface area contributed by atoms with Crippen LogP contribution >= 0.6 is 0 Å². The largest absolute Gasteiger partial charge is 0.482 e. The number of carboxylic acid groups (broad SMARTS) is 1. The van der Waals surface area contributed by atoms with Gasteiger partial charge in [0.05, 0.1) is 0 Å². The van der Waals surface area contributed by atoms with E-state index in [2.05, 4.69) is 0 Å². The summed E-state index contributed by atoms with van der Waals surface area (Å²) in [6.07, 6.45) is 5.80. The number of ether oxygens (including phenoxy) is 1. The highest BCUT2D eigenvalue weighted by molar-refractivity contribution is 5.71. The second kappa shape index (κ2) is 3.81. The van der Waals surface area contributed by atoms with Crippen LogP contribution in [0.15, 0.2) is 18.3 Å². The number of aryl methyl sites for hydroxylation is 1. The highest BCUT2D eigenvalue weighted by Crippen LogP contribution is 2.27. The lowest BCUT2D eigenvalue weighted by Crippen LogP contribution is -2.09. The first-order chi connectivity index (χ1) is 7.18. The quantitative estimate of drug-likeness (QED) is 0.815. The van der Waals surface area contributed by atoms with Crippen molar-refractivity contribution in [3.63, 3.8) is 0 Å². The van der Waals surface area contributed by atoms with Crippen molar-refractivity contribution < 1.29 is 14.6 Å². The van der Waals surface area contributed by atoms with Crippen molar-refractivity contribution in [3.05, 3.63) is 29.6 Å². The number of carboxylic acids is 1. The third kappa shape index (κ3) is 1.88. The van der Waals surface area contributed by atoms with Crippen molar-refractivity contribution in [2.45, 2.75) is 12.8 Å². The number of rotatable bonds is 3. The van der Waals surface area contributed by atoms with Crippen molar-refractivity contribution in [2.24, 2.45) is 7.05 Å². The summed E-state index contributed by atoms with van der Waals surface area (Å²) in [4.78, 5) is 10.4. The van der Waals surface area contributed by atoms with Crippen LogP contribution < -0.4 is 0 Å². The molecule has 0 spiro atoms. The summed E-state index contributed by atoms with van der Waals surface area (Å²) in [5.41, 5.74) is 2.22. The zero-order valence-corrected chi connectivity index (χ0v) is 8.56. The summed E-state index contributed by atoms with van der Waals surface area (Å²) >= 11 is 0. The Balaban J connectivity index is 2.19. The maximum atomic E-state index is 10.4. The molecule has 80 valence electrons. The summed E-state index contributed by atoms with van der Waals surface area (Å²) in [6.45, 7) is -0.278. The first kappa shape index (κ1) is 9.83. The molecule has 4 nitrogen and oxygen atoms in total. The molecule has 0 radical (unpaired) electrons. The summed E-state index contributed by atoms with van der Waals surface area (Å²) in [5, 5.41) is 8.54. The van der Waals surface area contributed by atoms with Crippen LogP contribution in [0.25, 0.3) is 5.76 Å². The number of allylic oxidation sites excluding steroid dienone is 1. The van der Waals surface area contributed by atoms with Crippen molar-refractivity contribution in [2.75, 3.05) is 6.61 Å². The Bertz CT molecular complexity index is 417. The smallest absolute Gasteiger partial charge is 0.341 e. The normalized spacial score (nSPS) is 14.3. The third-order valence-electron chi connectivity index (χ3n) is 2.53. The van der Waals surface area contributed by atoms with Crippen LogP contribution in [0.5, 0.6) is 0 Å². The fourth-order valence-electron chi connectivity index (χ4n) is 1.82. The molecule has 0 saturated heterocycles. The van der Waals surface area contributed by atoms with Gasteiger partial charge < -0.3 is 14.4 Å². The molecule has 1 aliphatic carbocycles. The molecule has 0 amide bonds. The Hall–Kier alpha value is -1.71. The van der Waals surface area contributed by atoms with E-state index in [0.29, 0.717) is 5.76 Å². The van der Waals surface area contributed by atoms with E-state index in [0.717, 1.165) is 18.4 Å². The number of aromatic nitrogens is 1. The Morgan fingerprint density at radius 1 is 1.67 bits per heavy atom. The van der Waals surface area contributed by atoms with Gasteiger partial charge in [0, 0.05) is 24.5 Å². The summed E-state index contributed by atoms with van der Waals surface area (Å²) in [6, 6.07) is 1.96. The lowest BCUT2D eigenvalue weighted by molar-refractivity contribution is -0.139. The van der Waals surface area contributed by atoms with Crippen molar-refractivity contribution in [3.8, 4) is 0 Å². The molecule has 1 aliphatic rings. The first-order valence-electron chi connectivity index (χ1n) is 4.88. The standard InChI is InChI=1S/C11H13NO3/c1-12-6-5-8-9(12)3-2-4-10(8)15-7-11(13)14/h4-6H,2-3,7H2,1H3,(H,13,14). The van der Waals surface area contributed by atoms with Crippen LogP contribution in [0.4, 0.5) is 0 Å². The fourth-order valence-corrected chi connectivity index (χ4v) is 1.82. The van der Waals surface area contributed by atoms with Crippen LogP contribution in [0, 0.1) is 0 Å². The Kier molecular flexibility index (Phi) is 2.49. The van der Waals surface area contributed by atoms with E-state index in [1.54, 1.807) is 0 Å². The number of hydrogen-bond donors (Lipinski definition) is 1. The van der Waals surface area contributed by atoms with Gasteiger partial charge in [0.1, 0.15) is 5.76 Å². The molecule has 15 heavy (non-hydrogen) atoms. The van der Waals surface area contributed by atoms with E-state index in [1.807, 2.05) is 30.0 Å². The second-order valence-electron chi connectivity index (χ2n) is 3.58. The summed E-state index contributed by atoms with van der Waals surface area (Å²) < 4.78 is 7.28.